The summed E-state index contributed by atoms with van der Waals surface area (Å²) in [5.41, 5.74) is 0.923. The molecule has 5 nitrogen and oxygen atoms in total. The molecule has 0 saturated carbocycles. The van der Waals surface area contributed by atoms with Gasteiger partial charge >= 0.3 is 0 Å². The van der Waals surface area contributed by atoms with Crippen LogP contribution in [0.5, 0.6) is 5.88 Å². The Labute approximate surface area is 115 Å². The molecule has 1 fully saturated rings. The molecule has 0 spiro atoms. The lowest BCUT2D eigenvalue weighted by molar-refractivity contribution is 0.232. The van der Waals surface area contributed by atoms with Crippen LogP contribution in [0.4, 0.5) is 5.95 Å². The summed E-state index contributed by atoms with van der Waals surface area (Å²) in [6.07, 6.45) is 3.80. The Morgan fingerprint density at radius 2 is 2.32 bits per heavy atom. The molecule has 0 bridgehead atoms. The number of rotatable bonds is 6. The van der Waals surface area contributed by atoms with Crippen LogP contribution < -0.4 is 15.4 Å². The van der Waals surface area contributed by atoms with Crippen LogP contribution in [-0.4, -0.2) is 35.2 Å². The van der Waals surface area contributed by atoms with Gasteiger partial charge in [0.2, 0.25) is 11.8 Å². The minimum absolute atomic E-state index is 0.129. The van der Waals surface area contributed by atoms with Gasteiger partial charge in [-0.2, -0.15) is 4.98 Å². The molecule has 1 aromatic rings. The molecule has 0 unspecified atom stereocenters. The van der Waals surface area contributed by atoms with E-state index in [1.807, 2.05) is 26.8 Å². The van der Waals surface area contributed by atoms with Gasteiger partial charge in [-0.15, -0.1) is 0 Å². The topological polar surface area (TPSA) is 59.1 Å². The maximum atomic E-state index is 5.61. The van der Waals surface area contributed by atoms with E-state index in [0.29, 0.717) is 17.9 Å². The second kappa shape index (κ2) is 6.70. The lowest BCUT2D eigenvalue weighted by Gasteiger charge is -2.13. The monoisotopic (exact) mass is 264 g/mol. The van der Waals surface area contributed by atoms with Gasteiger partial charge in [-0.05, 0) is 46.6 Å². The van der Waals surface area contributed by atoms with Crippen LogP contribution in [0, 0.1) is 6.92 Å². The predicted molar refractivity (Wildman–Crippen MR) is 76.7 cm³/mol. The van der Waals surface area contributed by atoms with E-state index in [1.165, 1.54) is 12.8 Å². The van der Waals surface area contributed by atoms with Crippen molar-refractivity contribution in [3.63, 3.8) is 0 Å². The molecule has 1 aliphatic heterocycles. The van der Waals surface area contributed by atoms with Crippen LogP contribution >= 0.6 is 0 Å². The van der Waals surface area contributed by atoms with Crippen molar-refractivity contribution in [2.24, 2.45) is 0 Å². The van der Waals surface area contributed by atoms with Gasteiger partial charge in [-0.3, -0.25) is 0 Å². The van der Waals surface area contributed by atoms with Gasteiger partial charge in [-0.1, -0.05) is 0 Å². The Morgan fingerprint density at radius 3 is 3.00 bits per heavy atom. The third-order valence-corrected chi connectivity index (χ3v) is 3.13. The number of anilines is 1. The fourth-order valence-corrected chi connectivity index (χ4v) is 2.28. The summed E-state index contributed by atoms with van der Waals surface area (Å²) in [4.78, 5) is 8.76. The molecule has 2 heterocycles. The molecule has 1 atom stereocenters. The minimum atomic E-state index is 0.129. The first-order valence-electron chi connectivity index (χ1n) is 7.13. The summed E-state index contributed by atoms with van der Waals surface area (Å²) in [6.45, 7) is 7.99. The van der Waals surface area contributed by atoms with E-state index in [-0.39, 0.29) is 6.10 Å². The SMILES string of the molecule is Cc1cc(OC(C)C)nc(NCC[C@H]2CCCN2)n1. The Balaban J connectivity index is 1.86. The van der Waals surface area contributed by atoms with E-state index in [9.17, 15) is 0 Å². The molecule has 2 N–H and O–H groups in total. The molecule has 0 radical (unpaired) electrons. The molecule has 1 saturated heterocycles. The summed E-state index contributed by atoms with van der Waals surface area (Å²) in [7, 11) is 0. The van der Waals surface area contributed by atoms with Crippen LogP contribution in [0.15, 0.2) is 6.07 Å². The van der Waals surface area contributed by atoms with Crippen LogP contribution in [-0.2, 0) is 0 Å². The highest BCUT2D eigenvalue weighted by molar-refractivity contribution is 5.30. The van der Waals surface area contributed by atoms with Crippen LogP contribution in [0.1, 0.15) is 38.8 Å². The maximum Gasteiger partial charge on any atom is 0.226 e. The first kappa shape index (κ1) is 14.1. The molecule has 1 aliphatic rings. The van der Waals surface area contributed by atoms with E-state index in [2.05, 4.69) is 20.6 Å². The standard InChI is InChI=1S/C14H24N4O/c1-10(2)19-13-9-11(3)17-14(18-13)16-8-6-12-5-4-7-15-12/h9-10,12,15H,4-8H2,1-3H3,(H,16,17,18)/t12-/m1/s1. The molecule has 2 rings (SSSR count). The zero-order valence-electron chi connectivity index (χ0n) is 12.1. The number of aryl methyl sites for hydroxylation is 1. The van der Waals surface area contributed by atoms with Crippen molar-refractivity contribution in [1.82, 2.24) is 15.3 Å². The quantitative estimate of drug-likeness (QED) is 0.824. The van der Waals surface area contributed by atoms with Gasteiger partial charge in [0.15, 0.2) is 0 Å². The molecule has 0 aliphatic carbocycles. The summed E-state index contributed by atoms with van der Waals surface area (Å²) in [5.74, 6) is 1.30. The average Bonchev–Trinajstić information content (AvgIpc) is 2.80. The normalized spacial score (nSPS) is 18.8. The van der Waals surface area contributed by atoms with Crippen molar-refractivity contribution in [3.8, 4) is 5.88 Å². The van der Waals surface area contributed by atoms with Gasteiger partial charge in [0.05, 0.1) is 6.10 Å². The maximum absolute atomic E-state index is 5.61. The van der Waals surface area contributed by atoms with Crippen LogP contribution in [0.3, 0.4) is 0 Å². The van der Waals surface area contributed by atoms with Crippen molar-refractivity contribution >= 4 is 5.95 Å². The fourth-order valence-electron chi connectivity index (χ4n) is 2.28. The molecule has 5 heteroatoms. The summed E-state index contributed by atoms with van der Waals surface area (Å²) in [5, 5.41) is 6.77. The van der Waals surface area contributed by atoms with Crippen LogP contribution in [0.2, 0.25) is 0 Å². The van der Waals surface area contributed by atoms with Gasteiger partial charge in [0.1, 0.15) is 0 Å². The molecule has 0 aromatic carbocycles. The summed E-state index contributed by atoms with van der Waals surface area (Å²) < 4.78 is 5.61. The van der Waals surface area contributed by atoms with Crippen molar-refractivity contribution in [3.05, 3.63) is 11.8 Å². The van der Waals surface area contributed by atoms with Crippen LogP contribution in [0.25, 0.3) is 0 Å². The lowest BCUT2D eigenvalue weighted by Crippen LogP contribution is -2.24. The zero-order valence-corrected chi connectivity index (χ0v) is 12.1. The van der Waals surface area contributed by atoms with E-state index in [0.717, 1.165) is 25.2 Å². The highest BCUT2D eigenvalue weighted by atomic mass is 16.5. The Bertz CT molecular complexity index is 402. The second-order valence-electron chi connectivity index (χ2n) is 5.35. The van der Waals surface area contributed by atoms with Crippen molar-refractivity contribution in [2.75, 3.05) is 18.4 Å². The van der Waals surface area contributed by atoms with Gasteiger partial charge in [0.25, 0.3) is 0 Å². The summed E-state index contributed by atoms with van der Waals surface area (Å²) in [6, 6.07) is 2.51. The molecular weight excluding hydrogens is 240 g/mol. The molecular formula is C14H24N4O. The number of nitrogens with zero attached hydrogens (tertiary/aromatic N) is 2. The lowest BCUT2D eigenvalue weighted by atomic mass is 10.1. The number of aromatic nitrogens is 2. The number of ether oxygens (including phenoxy) is 1. The Kier molecular flexibility index (Phi) is 4.96. The zero-order chi connectivity index (χ0) is 13.7. The van der Waals surface area contributed by atoms with E-state index in [4.69, 9.17) is 4.74 Å². The number of nitrogens with one attached hydrogen (secondary N) is 2. The Morgan fingerprint density at radius 1 is 1.47 bits per heavy atom. The number of hydrogen-bond donors (Lipinski definition) is 2. The van der Waals surface area contributed by atoms with Gasteiger partial charge in [-0.25, -0.2) is 4.98 Å². The Hall–Kier alpha value is -1.36. The smallest absolute Gasteiger partial charge is 0.226 e. The average molecular weight is 264 g/mol. The van der Waals surface area contributed by atoms with Gasteiger partial charge < -0.3 is 15.4 Å². The third-order valence-electron chi connectivity index (χ3n) is 3.13. The highest BCUT2D eigenvalue weighted by Crippen LogP contribution is 2.14. The predicted octanol–water partition coefficient (Wildman–Crippen LogP) is 2.13. The molecule has 0 amide bonds. The first-order chi connectivity index (χ1) is 9.13. The van der Waals surface area contributed by atoms with Crippen molar-refractivity contribution in [1.29, 1.82) is 0 Å². The minimum Gasteiger partial charge on any atom is -0.475 e. The third kappa shape index (κ3) is 4.67. The van der Waals surface area contributed by atoms with E-state index in [1.54, 1.807) is 0 Å². The molecule has 1 aromatic heterocycles. The van der Waals surface area contributed by atoms with E-state index >= 15 is 0 Å². The molecule has 106 valence electrons. The summed E-state index contributed by atoms with van der Waals surface area (Å²) >= 11 is 0. The fraction of sp³-hybridized carbons (Fsp3) is 0.714. The number of hydrogen-bond acceptors (Lipinski definition) is 5. The van der Waals surface area contributed by atoms with Crippen molar-refractivity contribution < 1.29 is 4.74 Å². The largest absolute Gasteiger partial charge is 0.475 e. The van der Waals surface area contributed by atoms with Crippen molar-refractivity contribution in [2.45, 2.75) is 52.2 Å². The first-order valence-corrected chi connectivity index (χ1v) is 7.13. The van der Waals surface area contributed by atoms with E-state index < -0.39 is 0 Å². The second-order valence-corrected chi connectivity index (χ2v) is 5.35. The molecule has 19 heavy (non-hydrogen) atoms. The highest BCUT2D eigenvalue weighted by Gasteiger charge is 2.13. The van der Waals surface area contributed by atoms with Gasteiger partial charge in [0, 0.05) is 24.3 Å².